The van der Waals surface area contributed by atoms with Gasteiger partial charge in [0.25, 0.3) is 0 Å². The predicted octanol–water partition coefficient (Wildman–Crippen LogP) is 5.14. The Labute approximate surface area is 111 Å². The first-order valence-corrected chi connectivity index (χ1v) is 13.1. The van der Waals surface area contributed by atoms with E-state index in [0.29, 0.717) is 0 Å². The molecule has 0 fully saturated rings. The van der Waals surface area contributed by atoms with E-state index in [-0.39, 0.29) is 0 Å². The van der Waals surface area contributed by atoms with Crippen LogP contribution in [0.15, 0.2) is 0 Å². The molecule has 0 aliphatic rings. The molecule has 0 unspecified atom stereocenters. The second-order valence-corrected chi connectivity index (χ2v) is 13.0. The number of rotatable bonds is 9. The molecule has 0 radical (unpaired) electrons. The third kappa shape index (κ3) is 17.2. The van der Waals surface area contributed by atoms with Crippen LogP contribution in [0.5, 0.6) is 0 Å². The zero-order valence-electron chi connectivity index (χ0n) is 12.3. The molecule has 0 amide bonds. The molecule has 0 atom stereocenters. The fraction of sp³-hybridized carbons (Fsp3) is 1.00. The van der Waals surface area contributed by atoms with Crippen molar-refractivity contribution in [1.82, 2.24) is 0 Å². The summed E-state index contributed by atoms with van der Waals surface area (Å²) in [6.07, 6.45) is 8.85. The van der Waals surface area contributed by atoms with Crippen LogP contribution in [0.2, 0.25) is 13.3 Å². The van der Waals surface area contributed by atoms with Gasteiger partial charge in [0.15, 0.2) is 0 Å². The molecule has 0 saturated heterocycles. The van der Waals surface area contributed by atoms with Gasteiger partial charge >= 0.3 is 92.4 Å². The molecule has 0 spiro atoms. The third-order valence-corrected chi connectivity index (χ3v) is 11.7. The summed E-state index contributed by atoms with van der Waals surface area (Å²) in [5.41, 5.74) is 0. The van der Waals surface area contributed by atoms with Crippen molar-refractivity contribution < 1.29 is 4.74 Å². The minimum Gasteiger partial charge on any atom is -0.388 e. The van der Waals surface area contributed by atoms with Gasteiger partial charge in [0.1, 0.15) is 0 Å². The standard InChI is InChI=1S/3C4H9.C2H6O.Sn/c3*1-3-4-2;1-3-2;/h3*1,3-4H2,2H3;1-2H3;/q;;;;+1. The molecule has 16 heavy (non-hydrogen) atoms. The molecule has 0 saturated carbocycles. The molecule has 2 heteroatoms. The fourth-order valence-electron chi connectivity index (χ4n) is 1.66. The van der Waals surface area contributed by atoms with Crippen molar-refractivity contribution in [2.75, 3.05) is 14.2 Å². The average molecular weight is 336 g/mol. The SMILES string of the molecule is CCC[CH2][Sn+]([CH2]CCC)[CH2]CCC.COC. The molecule has 0 aliphatic heterocycles. The van der Waals surface area contributed by atoms with Gasteiger partial charge in [-0.1, -0.05) is 0 Å². The summed E-state index contributed by atoms with van der Waals surface area (Å²) in [6.45, 7) is 7.00. The first-order chi connectivity index (χ1) is 7.76. The maximum absolute atomic E-state index is 4.25. The topological polar surface area (TPSA) is 9.23 Å². The maximum Gasteiger partial charge on any atom is 0.0351 e. The summed E-state index contributed by atoms with van der Waals surface area (Å²) in [7, 11) is 3.25. The first-order valence-electron chi connectivity index (χ1n) is 7.00. The van der Waals surface area contributed by atoms with Crippen LogP contribution >= 0.6 is 0 Å². The summed E-state index contributed by atoms with van der Waals surface area (Å²) in [6, 6.07) is 0. The Kier molecular flexibility index (Phi) is 21.7. The van der Waals surface area contributed by atoms with E-state index in [9.17, 15) is 0 Å². The van der Waals surface area contributed by atoms with E-state index in [1.165, 1.54) is 38.5 Å². The van der Waals surface area contributed by atoms with E-state index in [1.807, 2.05) is 0 Å². The Morgan fingerprint density at radius 2 is 0.938 bits per heavy atom. The molecule has 1 nitrogen and oxygen atoms in total. The number of hydrogen-bond donors (Lipinski definition) is 0. The van der Waals surface area contributed by atoms with E-state index in [2.05, 4.69) is 25.5 Å². The minimum absolute atomic E-state index is 0.839. The predicted molar refractivity (Wildman–Crippen MR) is 77.8 cm³/mol. The number of unbranched alkanes of at least 4 members (excludes halogenated alkanes) is 3. The van der Waals surface area contributed by atoms with Gasteiger partial charge in [-0.2, -0.15) is 0 Å². The average Bonchev–Trinajstić information content (AvgIpc) is 2.29. The van der Waals surface area contributed by atoms with Crippen molar-refractivity contribution in [3.05, 3.63) is 0 Å². The van der Waals surface area contributed by atoms with Crippen molar-refractivity contribution in [1.29, 1.82) is 0 Å². The molecule has 0 bridgehead atoms. The Balaban J connectivity index is 0. The molecule has 0 rings (SSSR count). The van der Waals surface area contributed by atoms with Crippen molar-refractivity contribution in [3.63, 3.8) is 0 Å². The Morgan fingerprint density at radius 3 is 1.12 bits per heavy atom. The summed E-state index contributed by atoms with van der Waals surface area (Å²) in [4.78, 5) is 0. The van der Waals surface area contributed by atoms with Gasteiger partial charge in [-0.25, -0.2) is 0 Å². The summed E-state index contributed by atoms with van der Waals surface area (Å²) < 4.78 is 9.29. The molecule has 0 aliphatic carbocycles. The van der Waals surface area contributed by atoms with Crippen molar-refractivity contribution >= 4 is 19.8 Å². The zero-order chi connectivity index (χ0) is 12.6. The summed E-state index contributed by atoms with van der Waals surface area (Å²) >= 11 is -0.839. The van der Waals surface area contributed by atoms with Crippen LogP contribution < -0.4 is 0 Å². The molecule has 0 heterocycles. The number of methoxy groups -OCH3 is 1. The van der Waals surface area contributed by atoms with Gasteiger partial charge in [-0.05, 0) is 0 Å². The van der Waals surface area contributed by atoms with Crippen LogP contribution in [0.25, 0.3) is 0 Å². The summed E-state index contributed by atoms with van der Waals surface area (Å²) in [5, 5.41) is 0. The molecule has 98 valence electrons. The Hall–Kier alpha value is 0.759. The minimum atomic E-state index is -0.839. The van der Waals surface area contributed by atoms with Crippen molar-refractivity contribution in [2.24, 2.45) is 0 Å². The molecule has 0 N–H and O–H groups in total. The Morgan fingerprint density at radius 1 is 0.688 bits per heavy atom. The molecule has 0 aromatic rings. The van der Waals surface area contributed by atoms with Crippen LogP contribution in [0.1, 0.15) is 59.3 Å². The third-order valence-electron chi connectivity index (χ3n) is 2.65. The fourth-order valence-corrected chi connectivity index (χ4v) is 11.1. The van der Waals surface area contributed by atoms with Gasteiger partial charge in [0, 0.05) is 14.2 Å². The van der Waals surface area contributed by atoms with Gasteiger partial charge < -0.3 is 4.74 Å². The monoisotopic (exact) mass is 337 g/mol. The molecule has 0 aromatic heterocycles. The van der Waals surface area contributed by atoms with Crippen LogP contribution in [-0.2, 0) is 4.74 Å². The van der Waals surface area contributed by atoms with Gasteiger partial charge in [0.2, 0.25) is 0 Å². The van der Waals surface area contributed by atoms with E-state index in [1.54, 1.807) is 27.5 Å². The largest absolute Gasteiger partial charge is 0.388 e. The van der Waals surface area contributed by atoms with Crippen LogP contribution in [0, 0.1) is 0 Å². The molecular weight excluding hydrogens is 303 g/mol. The maximum atomic E-state index is 4.25. The van der Waals surface area contributed by atoms with Gasteiger partial charge in [0.05, 0.1) is 0 Å². The molecule has 0 aromatic carbocycles. The van der Waals surface area contributed by atoms with Gasteiger partial charge in [-0.15, -0.1) is 0 Å². The second kappa shape index (κ2) is 18.1. The van der Waals surface area contributed by atoms with Crippen LogP contribution in [0.4, 0.5) is 0 Å². The van der Waals surface area contributed by atoms with Crippen molar-refractivity contribution in [3.8, 4) is 0 Å². The van der Waals surface area contributed by atoms with Gasteiger partial charge in [-0.3, -0.25) is 0 Å². The number of ether oxygens (including phenoxy) is 1. The van der Waals surface area contributed by atoms with E-state index in [4.69, 9.17) is 0 Å². The van der Waals surface area contributed by atoms with Crippen LogP contribution in [-0.4, -0.2) is 34.0 Å². The van der Waals surface area contributed by atoms with E-state index < -0.39 is 19.8 Å². The number of hydrogen-bond acceptors (Lipinski definition) is 1. The van der Waals surface area contributed by atoms with E-state index >= 15 is 0 Å². The normalized spacial score (nSPS) is 9.56. The first kappa shape index (κ1) is 19.1. The quantitative estimate of drug-likeness (QED) is 0.530. The van der Waals surface area contributed by atoms with E-state index in [0.717, 1.165) is 0 Å². The smallest absolute Gasteiger partial charge is 0.0351 e. The zero-order valence-corrected chi connectivity index (χ0v) is 15.1. The molecular formula is C14H33OSn+. The Bertz CT molecular complexity index is 87.9. The second-order valence-electron chi connectivity index (χ2n) is 4.47. The van der Waals surface area contributed by atoms with Crippen LogP contribution in [0.3, 0.4) is 0 Å². The summed E-state index contributed by atoms with van der Waals surface area (Å²) in [5.74, 6) is 0. The van der Waals surface area contributed by atoms with Crippen molar-refractivity contribution in [2.45, 2.75) is 72.6 Å².